The lowest BCUT2D eigenvalue weighted by Gasteiger charge is -2.07. The molecule has 1 aromatic rings. The molecule has 6 heteroatoms. The van der Waals surface area contributed by atoms with E-state index in [0.29, 0.717) is 0 Å². The van der Waals surface area contributed by atoms with Crippen LogP contribution in [0.1, 0.15) is 16.1 Å². The first-order valence-corrected chi connectivity index (χ1v) is 4.28. The Morgan fingerprint density at radius 1 is 1.73 bits per heavy atom. The molecule has 0 unspecified atom stereocenters. The molecule has 15 heavy (non-hydrogen) atoms. The molecule has 0 bridgehead atoms. The van der Waals surface area contributed by atoms with Gasteiger partial charge in [0.2, 0.25) is 0 Å². The van der Waals surface area contributed by atoms with Crippen molar-refractivity contribution in [3.05, 3.63) is 28.8 Å². The third-order valence-corrected chi connectivity index (χ3v) is 2.02. The van der Waals surface area contributed by atoms with Gasteiger partial charge in [-0.15, -0.1) is 0 Å². The molecule has 1 rings (SSSR count). The molecule has 80 valence electrons. The van der Waals surface area contributed by atoms with Gasteiger partial charge in [0.25, 0.3) is 0 Å². The van der Waals surface area contributed by atoms with Crippen LogP contribution >= 0.6 is 11.6 Å². The molecule has 1 heterocycles. The van der Waals surface area contributed by atoms with Crippen molar-refractivity contribution in [2.24, 2.45) is 0 Å². The van der Waals surface area contributed by atoms with Crippen molar-refractivity contribution < 1.29 is 13.9 Å². The number of rotatable bonds is 2. The number of carbonyl (C=O) groups excluding carboxylic acids is 1. The highest BCUT2D eigenvalue weighted by Gasteiger charge is 2.16. The van der Waals surface area contributed by atoms with Gasteiger partial charge in [0.1, 0.15) is 0 Å². The Morgan fingerprint density at radius 2 is 2.40 bits per heavy atom. The molecule has 0 atom stereocenters. The molecule has 0 aliphatic heterocycles. The number of halogens is 2. The van der Waals surface area contributed by atoms with Crippen LogP contribution in [0.2, 0.25) is 5.02 Å². The van der Waals surface area contributed by atoms with Crippen LogP contribution in [-0.2, 0) is 4.74 Å². The number of hydrogen-bond acceptors (Lipinski definition) is 4. The summed E-state index contributed by atoms with van der Waals surface area (Å²) in [6, 6.07) is 0. The van der Waals surface area contributed by atoms with E-state index in [1.807, 2.05) is 0 Å². The lowest BCUT2D eigenvalue weighted by atomic mass is 10.1. The van der Waals surface area contributed by atoms with Crippen molar-refractivity contribution in [2.75, 3.05) is 12.8 Å². The number of nitrogens with two attached hydrogens (primary N) is 1. The quantitative estimate of drug-likeness (QED) is 0.790. The summed E-state index contributed by atoms with van der Waals surface area (Å²) >= 11 is 5.67. The lowest BCUT2D eigenvalue weighted by Crippen LogP contribution is -2.09. The number of pyridine rings is 1. The topological polar surface area (TPSA) is 65.2 Å². The van der Waals surface area contributed by atoms with Gasteiger partial charge in [0.15, 0.2) is 5.69 Å². The van der Waals surface area contributed by atoms with E-state index in [1.54, 1.807) is 0 Å². The van der Waals surface area contributed by atoms with Crippen LogP contribution < -0.4 is 5.73 Å². The number of esters is 1. The molecular weight excluding hydrogens is 223 g/mol. The van der Waals surface area contributed by atoms with Crippen molar-refractivity contribution in [3.63, 3.8) is 0 Å². The second kappa shape index (κ2) is 4.75. The Hall–Kier alpha value is -1.62. The predicted molar refractivity (Wildman–Crippen MR) is 55.1 cm³/mol. The summed E-state index contributed by atoms with van der Waals surface area (Å²) in [5.41, 5.74) is 5.68. The van der Waals surface area contributed by atoms with Crippen molar-refractivity contribution >= 4 is 29.3 Å². The molecular formula is C9H8ClFN2O2. The summed E-state index contributed by atoms with van der Waals surface area (Å²) in [5, 5.41) is 0.149. The Balaban J connectivity index is 3.39. The molecule has 0 fully saturated rings. The van der Waals surface area contributed by atoms with Gasteiger partial charge in [-0.1, -0.05) is 11.6 Å². The summed E-state index contributed by atoms with van der Waals surface area (Å²) in [7, 11) is 1.19. The molecule has 0 amide bonds. The monoisotopic (exact) mass is 230 g/mol. The highest BCUT2D eigenvalue weighted by molar-refractivity contribution is 6.33. The van der Waals surface area contributed by atoms with E-state index >= 15 is 0 Å². The van der Waals surface area contributed by atoms with Gasteiger partial charge in [0, 0.05) is 11.8 Å². The normalized spacial score (nSPS) is 10.6. The van der Waals surface area contributed by atoms with E-state index in [1.165, 1.54) is 13.3 Å². The molecule has 1 aromatic heterocycles. The highest BCUT2D eigenvalue weighted by atomic mass is 35.5. The highest BCUT2D eigenvalue weighted by Crippen LogP contribution is 2.25. The Labute approximate surface area is 90.5 Å². The number of ether oxygens (including phenoxy) is 1. The standard InChI is InChI=1S/C9H8ClFN2O2/c1-15-9(14)8-5(2-3-11)7(12)6(10)4-13-8/h2-4H,1H3,(H2,12,13). The van der Waals surface area contributed by atoms with Crippen molar-refractivity contribution in [1.29, 1.82) is 0 Å². The number of anilines is 1. The molecule has 0 aromatic carbocycles. The minimum atomic E-state index is -0.702. The summed E-state index contributed by atoms with van der Waals surface area (Å²) in [5.74, 6) is -0.702. The fourth-order valence-corrected chi connectivity index (χ4v) is 1.16. The maximum Gasteiger partial charge on any atom is 0.357 e. The van der Waals surface area contributed by atoms with Gasteiger partial charge < -0.3 is 10.5 Å². The van der Waals surface area contributed by atoms with E-state index in [2.05, 4.69) is 9.72 Å². The third kappa shape index (κ3) is 2.24. The summed E-state index contributed by atoms with van der Waals surface area (Å²) in [6.45, 7) is 0. The average molecular weight is 231 g/mol. The lowest BCUT2D eigenvalue weighted by molar-refractivity contribution is 0.0594. The molecule has 2 N–H and O–H groups in total. The van der Waals surface area contributed by atoms with Gasteiger partial charge >= 0.3 is 5.97 Å². The van der Waals surface area contributed by atoms with E-state index in [0.717, 1.165) is 6.08 Å². The fraction of sp³-hybridized carbons (Fsp3) is 0.111. The summed E-state index contributed by atoms with van der Waals surface area (Å²) in [4.78, 5) is 15.0. The second-order valence-electron chi connectivity index (χ2n) is 2.57. The minimum absolute atomic E-state index is 0.0756. The number of aromatic nitrogens is 1. The molecule has 0 saturated carbocycles. The molecule has 0 spiro atoms. The van der Waals surface area contributed by atoms with Crippen molar-refractivity contribution in [1.82, 2.24) is 4.98 Å². The zero-order valence-electron chi connectivity index (χ0n) is 7.83. The van der Waals surface area contributed by atoms with Gasteiger partial charge in [-0.2, -0.15) is 0 Å². The average Bonchev–Trinajstić information content (AvgIpc) is 2.24. The van der Waals surface area contributed by atoms with Crippen molar-refractivity contribution in [2.45, 2.75) is 0 Å². The summed E-state index contributed by atoms with van der Waals surface area (Å²) < 4.78 is 16.5. The maximum atomic E-state index is 12.1. The zero-order chi connectivity index (χ0) is 11.4. The smallest absolute Gasteiger partial charge is 0.357 e. The Morgan fingerprint density at radius 3 is 2.93 bits per heavy atom. The van der Waals surface area contributed by atoms with Gasteiger partial charge in [-0.25, -0.2) is 14.2 Å². The second-order valence-corrected chi connectivity index (χ2v) is 2.97. The number of nitrogens with zero attached hydrogens (tertiary/aromatic N) is 1. The van der Waals surface area contributed by atoms with E-state index in [-0.39, 0.29) is 28.3 Å². The van der Waals surface area contributed by atoms with Crippen molar-refractivity contribution in [3.8, 4) is 0 Å². The SMILES string of the molecule is COC(=O)c1ncc(Cl)c(N)c1C=CF. The number of methoxy groups -OCH3 is 1. The maximum absolute atomic E-state index is 12.1. The first-order valence-electron chi connectivity index (χ1n) is 3.90. The minimum Gasteiger partial charge on any atom is -0.464 e. The predicted octanol–water partition coefficient (Wildman–Crippen LogP) is 2.04. The van der Waals surface area contributed by atoms with Gasteiger partial charge in [-0.05, 0) is 6.08 Å². The Bertz CT molecular complexity index is 421. The number of nitrogen functional groups attached to an aromatic ring is 1. The molecule has 0 aliphatic carbocycles. The van der Waals surface area contributed by atoms with Crippen LogP contribution in [0.15, 0.2) is 12.5 Å². The molecule has 0 radical (unpaired) electrons. The van der Waals surface area contributed by atoms with Crippen LogP contribution in [-0.4, -0.2) is 18.1 Å². The first-order chi connectivity index (χ1) is 7.11. The molecule has 4 nitrogen and oxygen atoms in total. The molecule has 0 aliphatic rings. The Kier molecular flexibility index (Phi) is 3.62. The first kappa shape index (κ1) is 11.5. The third-order valence-electron chi connectivity index (χ3n) is 1.72. The van der Waals surface area contributed by atoms with Crippen LogP contribution in [0.3, 0.4) is 0 Å². The largest absolute Gasteiger partial charge is 0.464 e. The van der Waals surface area contributed by atoms with E-state index in [9.17, 15) is 9.18 Å². The van der Waals surface area contributed by atoms with Crippen LogP contribution in [0, 0.1) is 0 Å². The van der Waals surface area contributed by atoms with E-state index in [4.69, 9.17) is 17.3 Å². The zero-order valence-corrected chi connectivity index (χ0v) is 8.58. The van der Waals surface area contributed by atoms with Crippen LogP contribution in [0.25, 0.3) is 6.08 Å². The number of hydrogen-bond donors (Lipinski definition) is 1. The number of carbonyl (C=O) groups is 1. The van der Waals surface area contributed by atoms with Crippen LogP contribution in [0.4, 0.5) is 10.1 Å². The van der Waals surface area contributed by atoms with E-state index < -0.39 is 5.97 Å². The molecule has 0 saturated heterocycles. The van der Waals surface area contributed by atoms with Gasteiger partial charge in [-0.3, -0.25) is 0 Å². The fourth-order valence-electron chi connectivity index (χ4n) is 1.01. The summed E-state index contributed by atoms with van der Waals surface area (Å²) in [6.07, 6.45) is 2.45. The van der Waals surface area contributed by atoms with Crippen LogP contribution in [0.5, 0.6) is 0 Å². The van der Waals surface area contributed by atoms with Gasteiger partial charge in [0.05, 0.1) is 24.1 Å².